The van der Waals surface area contributed by atoms with Gasteiger partial charge in [0.15, 0.2) is 0 Å². The molecule has 0 atom stereocenters. The quantitative estimate of drug-likeness (QED) is 0.607. The zero-order valence-electron chi connectivity index (χ0n) is 10.7. The van der Waals surface area contributed by atoms with Crippen LogP contribution in [-0.4, -0.2) is 32.4 Å². The van der Waals surface area contributed by atoms with E-state index in [9.17, 15) is 14.9 Å². The van der Waals surface area contributed by atoms with Crippen LogP contribution in [0.4, 0.5) is 5.69 Å². The topological polar surface area (TPSA) is 129 Å². The van der Waals surface area contributed by atoms with Gasteiger partial charge >= 0.3 is 0 Å². The van der Waals surface area contributed by atoms with Gasteiger partial charge in [0.1, 0.15) is 11.4 Å². The summed E-state index contributed by atoms with van der Waals surface area (Å²) >= 11 is 5.75. The van der Waals surface area contributed by atoms with Crippen molar-refractivity contribution in [1.29, 1.82) is 0 Å². The van der Waals surface area contributed by atoms with Crippen molar-refractivity contribution in [1.82, 2.24) is 20.3 Å². The molecule has 1 amide bonds. The van der Waals surface area contributed by atoms with Crippen LogP contribution in [0.5, 0.6) is 0 Å². The normalized spacial score (nSPS) is 10.4. The van der Waals surface area contributed by atoms with E-state index in [0.29, 0.717) is 5.69 Å². The van der Waals surface area contributed by atoms with Gasteiger partial charge in [-0.05, 0) is 12.1 Å². The van der Waals surface area contributed by atoms with Gasteiger partial charge in [0, 0.05) is 11.1 Å². The number of nitro groups is 1. The standard InChI is InChI=1S/C11H11ClN6O3/c12-7-1-2-9(10(3-7)18(20)21)17-6-8(15-16-17)5-14-11(19)4-13/h1-3,6H,4-5,13H2,(H,14,19). The summed E-state index contributed by atoms with van der Waals surface area (Å²) in [7, 11) is 0. The largest absolute Gasteiger partial charge is 0.349 e. The van der Waals surface area contributed by atoms with Crippen LogP contribution in [-0.2, 0) is 11.3 Å². The molecule has 0 bridgehead atoms. The Morgan fingerprint density at radius 3 is 2.95 bits per heavy atom. The number of carbonyl (C=O) groups is 1. The summed E-state index contributed by atoms with van der Waals surface area (Å²) in [6, 6.07) is 4.22. The number of amides is 1. The highest BCUT2D eigenvalue weighted by Gasteiger charge is 2.17. The lowest BCUT2D eigenvalue weighted by molar-refractivity contribution is -0.384. The minimum atomic E-state index is -0.557. The average Bonchev–Trinajstić information content (AvgIpc) is 2.93. The molecule has 0 aliphatic heterocycles. The first-order valence-corrected chi connectivity index (χ1v) is 6.21. The second-order valence-corrected chi connectivity index (χ2v) is 4.46. The number of benzene rings is 1. The molecular formula is C11H11ClN6O3. The maximum atomic E-state index is 11.0. The van der Waals surface area contributed by atoms with Crippen LogP contribution in [0, 0.1) is 10.1 Å². The highest BCUT2D eigenvalue weighted by atomic mass is 35.5. The molecule has 1 aromatic heterocycles. The minimum Gasteiger partial charge on any atom is -0.349 e. The molecule has 3 N–H and O–H groups in total. The fourth-order valence-corrected chi connectivity index (χ4v) is 1.76. The molecule has 1 heterocycles. The second-order valence-electron chi connectivity index (χ2n) is 4.03. The molecule has 10 heteroatoms. The van der Waals surface area contributed by atoms with E-state index in [1.165, 1.54) is 29.1 Å². The van der Waals surface area contributed by atoms with Crippen LogP contribution in [0.25, 0.3) is 5.69 Å². The van der Waals surface area contributed by atoms with Crippen LogP contribution in [0.3, 0.4) is 0 Å². The molecule has 21 heavy (non-hydrogen) atoms. The average molecular weight is 311 g/mol. The molecule has 2 aromatic rings. The number of nitrogens with zero attached hydrogens (tertiary/aromatic N) is 4. The van der Waals surface area contributed by atoms with Gasteiger partial charge in [-0.15, -0.1) is 5.10 Å². The third kappa shape index (κ3) is 3.52. The first-order chi connectivity index (χ1) is 10.0. The molecule has 0 aliphatic carbocycles. The van der Waals surface area contributed by atoms with Gasteiger partial charge in [-0.25, -0.2) is 4.68 Å². The fourth-order valence-electron chi connectivity index (χ4n) is 1.60. The molecule has 0 fully saturated rings. The van der Waals surface area contributed by atoms with Gasteiger partial charge in [0.2, 0.25) is 5.91 Å². The molecule has 2 rings (SSSR count). The lowest BCUT2D eigenvalue weighted by Crippen LogP contribution is -2.29. The van der Waals surface area contributed by atoms with Gasteiger partial charge in [0.05, 0.1) is 24.2 Å². The number of nitrogens with two attached hydrogens (primary N) is 1. The number of nitro benzene ring substituents is 1. The summed E-state index contributed by atoms with van der Waals surface area (Å²) in [4.78, 5) is 21.5. The second kappa shape index (κ2) is 6.29. The minimum absolute atomic E-state index is 0.128. The van der Waals surface area contributed by atoms with Gasteiger partial charge in [0.25, 0.3) is 5.69 Å². The van der Waals surface area contributed by atoms with Crippen molar-refractivity contribution in [3.8, 4) is 5.69 Å². The van der Waals surface area contributed by atoms with Crippen LogP contribution in [0.15, 0.2) is 24.4 Å². The summed E-state index contributed by atoms with van der Waals surface area (Å²) < 4.78 is 1.25. The van der Waals surface area contributed by atoms with Crippen LogP contribution in [0.2, 0.25) is 5.02 Å². The Morgan fingerprint density at radius 1 is 1.52 bits per heavy atom. The number of aromatic nitrogens is 3. The zero-order valence-corrected chi connectivity index (χ0v) is 11.4. The third-order valence-corrected chi connectivity index (χ3v) is 2.81. The van der Waals surface area contributed by atoms with E-state index in [4.69, 9.17) is 17.3 Å². The molecule has 9 nitrogen and oxygen atoms in total. The van der Waals surface area contributed by atoms with Crippen molar-refractivity contribution < 1.29 is 9.72 Å². The number of rotatable bonds is 5. The number of hydrogen-bond donors (Lipinski definition) is 2. The summed E-state index contributed by atoms with van der Waals surface area (Å²) in [6.45, 7) is 0.00815. The van der Waals surface area contributed by atoms with E-state index in [-0.39, 0.29) is 35.4 Å². The van der Waals surface area contributed by atoms with E-state index in [1.54, 1.807) is 0 Å². The van der Waals surface area contributed by atoms with E-state index < -0.39 is 4.92 Å². The lowest BCUT2D eigenvalue weighted by Gasteiger charge is -2.02. The van der Waals surface area contributed by atoms with Crippen molar-refractivity contribution in [3.05, 3.63) is 45.2 Å². The Labute approximate surface area is 123 Å². The first-order valence-electron chi connectivity index (χ1n) is 5.83. The van der Waals surface area contributed by atoms with Gasteiger partial charge in [-0.3, -0.25) is 14.9 Å². The molecule has 0 aliphatic rings. The highest BCUT2D eigenvalue weighted by molar-refractivity contribution is 6.30. The predicted molar refractivity (Wildman–Crippen MR) is 73.9 cm³/mol. The summed E-state index contributed by atoms with van der Waals surface area (Å²) in [5.41, 5.74) is 5.64. The third-order valence-electron chi connectivity index (χ3n) is 2.57. The fraction of sp³-hybridized carbons (Fsp3) is 0.182. The van der Waals surface area contributed by atoms with Gasteiger partial charge in [-0.1, -0.05) is 16.8 Å². The molecule has 0 saturated carbocycles. The van der Waals surface area contributed by atoms with Crippen molar-refractivity contribution >= 4 is 23.2 Å². The van der Waals surface area contributed by atoms with Crippen molar-refractivity contribution in [2.75, 3.05) is 6.54 Å². The van der Waals surface area contributed by atoms with Gasteiger partial charge in [-0.2, -0.15) is 0 Å². The Balaban J connectivity index is 2.25. The zero-order chi connectivity index (χ0) is 15.4. The number of carbonyl (C=O) groups excluding carboxylic acids is 1. The van der Waals surface area contributed by atoms with E-state index >= 15 is 0 Å². The lowest BCUT2D eigenvalue weighted by atomic mass is 10.2. The highest BCUT2D eigenvalue weighted by Crippen LogP contribution is 2.25. The molecule has 1 aromatic carbocycles. The number of nitrogens with one attached hydrogen (secondary N) is 1. The van der Waals surface area contributed by atoms with E-state index in [2.05, 4.69) is 15.6 Å². The number of hydrogen-bond acceptors (Lipinski definition) is 6. The Bertz CT molecular complexity index is 686. The van der Waals surface area contributed by atoms with Crippen molar-refractivity contribution in [3.63, 3.8) is 0 Å². The van der Waals surface area contributed by atoms with Crippen molar-refractivity contribution in [2.24, 2.45) is 5.73 Å². The van der Waals surface area contributed by atoms with Gasteiger partial charge < -0.3 is 11.1 Å². The van der Waals surface area contributed by atoms with E-state index in [1.807, 2.05) is 0 Å². The van der Waals surface area contributed by atoms with Crippen LogP contribution in [0.1, 0.15) is 5.69 Å². The molecule has 0 spiro atoms. The van der Waals surface area contributed by atoms with Crippen LogP contribution < -0.4 is 11.1 Å². The predicted octanol–water partition coefficient (Wildman–Crippen LogP) is 0.404. The van der Waals surface area contributed by atoms with Crippen molar-refractivity contribution in [2.45, 2.75) is 6.54 Å². The van der Waals surface area contributed by atoms with Crippen LogP contribution >= 0.6 is 11.6 Å². The maximum absolute atomic E-state index is 11.0. The summed E-state index contributed by atoms with van der Waals surface area (Å²) in [5.74, 6) is -0.331. The Kier molecular flexibility index (Phi) is 4.45. The summed E-state index contributed by atoms with van der Waals surface area (Å²) in [6.07, 6.45) is 1.48. The maximum Gasteiger partial charge on any atom is 0.296 e. The Hall–Kier alpha value is -2.52. The molecule has 0 unspecified atom stereocenters. The SMILES string of the molecule is NCC(=O)NCc1cn(-c2ccc(Cl)cc2[N+](=O)[O-])nn1. The molecular weight excluding hydrogens is 300 g/mol. The van der Waals surface area contributed by atoms with E-state index in [0.717, 1.165) is 0 Å². The molecule has 110 valence electrons. The molecule has 0 saturated heterocycles. The number of halogens is 1. The first kappa shape index (κ1) is 14.9. The summed E-state index contributed by atoms with van der Waals surface area (Å²) in [5, 5.41) is 21.4. The monoisotopic (exact) mass is 310 g/mol. The molecule has 0 radical (unpaired) electrons. The Morgan fingerprint density at radius 2 is 2.29 bits per heavy atom. The smallest absolute Gasteiger partial charge is 0.296 e.